The van der Waals surface area contributed by atoms with Crippen LogP contribution in [-0.2, 0) is 32.6 Å². The molecule has 242 valence electrons. The SMILES string of the molecule is COc1ccc(S(=O)(=O)N(CC(=O)N(Cc2ccc(C)cc2)C(Cc2ccccc2)C(=O)NC(C)C)c2ccc(C)cc2)cc1Br. The summed E-state index contributed by atoms with van der Waals surface area (Å²) in [7, 11) is -2.75. The second-order valence-corrected chi connectivity index (χ2v) is 14.2. The van der Waals surface area contributed by atoms with Crippen LogP contribution in [0.1, 0.15) is 36.1 Å². The third kappa shape index (κ3) is 8.76. The monoisotopic (exact) mass is 705 g/mol. The molecule has 2 amide bonds. The Morgan fingerprint density at radius 1 is 0.848 bits per heavy atom. The number of ether oxygens (including phenoxy) is 1. The molecule has 10 heteroatoms. The number of anilines is 1. The van der Waals surface area contributed by atoms with E-state index in [9.17, 15) is 18.0 Å². The van der Waals surface area contributed by atoms with Gasteiger partial charge in [-0.1, -0.05) is 77.9 Å². The first kappa shape index (κ1) is 34.7. The summed E-state index contributed by atoms with van der Waals surface area (Å²) in [5.74, 6) is -0.360. The molecule has 4 aromatic carbocycles. The first-order valence-electron chi connectivity index (χ1n) is 15.0. The number of rotatable bonds is 13. The Balaban J connectivity index is 1.81. The fraction of sp³-hybridized carbons (Fsp3) is 0.278. The van der Waals surface area contributed by atoms with Gasteiger partial charge in [0.25, 0.3) is 10.0 Å². The number of amides is 2. The van der Waals surface area contributed by atoms with E-state index >= 15 is 0 Å². The van der Waals surface area contributed by atoms with Gasteiger partial charge in [0.05, 0.1) is 22.2 Å². The quantitative estimate of drug-likeness (QED) is 0.173. The molecular weight excluding hydrogens is 666 g/mol. The van der Waals surface area contributed by atoms with Crippen LogP contribution in [0.4, 0.5) is 5.69 Å². The van der Waals surface area contributed by atoms with Crippen LogP contribution in [0, 0.1) is 13.8 Å². The molecule has 0 bridgehead atoms. The van der Waals surface area contributed by atoms with E-state index in [1.807, 2.05) is 82.3 Å². The molecule has 0 aliphatic rings. The third-order valence-corrected chi connectivity index (χ3v) is 9.88. The normalized spacial score (nSPS) is 12.0. The van der Waals surface area contributed by atoms with Crippen LogP contribution in [-0.4, -0.2) is 50.9 Å². The lowest BCUT2D eigenvalue weighted by Gasteiger charge is -2.34. The maximum absolute atomic E-state index is 14.5. The topological polar surface area (TPSA) is 96.0 Å². The van der Waals surface area contributed by atoms with Crippen molar-refractivity contribution in [3.63, 3.8) is 0 Å². The summed E-state index contributed by atoms with van der Waals surface area (Å²) in [5, 5.41) is 2.98. The second kappa shape index (κ2) is 15.4. The zero-order valence-corrected chi connectivity index (χ0v) is 29.1. The van der Waals surface area contributed by atoms with Gasteiger partial charge >= 0.3 is 0 Å². The van der Waals surface area contributed by atoms with Crippen molar-refractivity contribution in [3.05, 3.63) is 124 Å². The highest BCUT2D eigenvalue weighted by atomic mass is 79.9. The van der Waals surface area contributed by atoms with E-state index in [-0.39, 0.29) is 29.8 Å². The molecule has 0 aliphatic carbocycles. The Morgan fingerprint density at radius 3 is 2.02 bits per heavy atom. The molecule has 1 atom stereocenters. The Bertz CT molecular complexity index is 1750. The lowest BCUT2D eigenvalue weighted by atomic mass is 10.0. The average Bonchev–Trinajstić information content (AvgIpc) is 3.03. The minimum absolute atomic E-state index is 0.0166. The lowest BCUT2D eigenvalue weighted by Crippen LogP contribution is -2.54. The van der Waals surface area contributed by atoms with Gasteiger partial charge in [-0.3, -0.25) is 13.9 Å². The van der Waals surface area contributed by atoms with Gasteiger partial charge in [0, 0.05) is 19.0 Å². The molecule has 1 N–H and O–H groups in total. The number of carbonyl (C=O) groups excluding carboxylic acids is 2. The second-order valence-electron chi connectivity index (χ2n) is 11.5. The van der Waals surface area contributed by atoms with Crippen LogP contribution in [0.2, 0.25) is 0 Å². The Morgan fingerprint density at radius 2 is 1.46 bits per heavy atom. The first-order chi connectivity index (χ1) is 21.9. The van der Waals surface area contributed by atoms with E-state index in [0.717, 1.165) is 26.6 Å². The minimum atomic E-state index is -4.25. The van der Waals surface area contributed by atoms with Crippen LogP contribution in [0.25, 0.3) is 0 Å². The van der Waals surface area contributed by atoms with Crippen LogP contribution < -0.4 is 14.4 Å². The van der Waals surface area contributed by atoms with Crippen LogP contribution in [0.15, 0.2) is 106 Å². The number of halogens is 1. The largest absolute Gasteiger partial charge is 0.496 e. The summed E-state index contributed by atoms with van der Waals surface area (Å²) in [6.45, 7) is 7.19. The summed E-state index contributed by atoms with van der Waals surface area (Å²) in [5.41, 5.74) is 4.01. The van der Waals surface area contributed by atoms with E-state index in [2.05, 4.69) is 21.2 Å². The minimum Gasteiger partial charge on any atom is -0.496 e. The van der Waals surface area contributed by atoms with Crippen molar-refractivity contribution < 1.29 is 22.7 Å². The molecule has 46 heavy (non-hydrogen) atoms. The summed E-state index contributed by atoms with van der Waals surface area (Å²) in [6.07, 6.45) is 0.250. The molecule has 0 heterocycles. The van der Waals surface area contributed by atoms with E-state index in [1.165, 1.54) is 24.1 Å². The molecule has 4 aromatic rings. The average molecular weight is 707 g/mol. The van der Waals surface area contributed by atoms with Gasteiger partial charge in [-0.15, -0.1) is 0 Å². The molecule has 0 saturated heterocycles. The highest BCUT2D eigenvalue weighted by Crippen LogP contribution is 2.31. The van der Waals surface area contributed by atoms with Crippen molar-refractivity contribution >= 4 is 43.5 Å². The van der Waals surface area contributed by atoms with Gasteiger partial charge in [0.15, 0.2) is 0 Å². The first-order valence-corrected chi connectivity index (χ1v) is 17.2. The van der Waals surface area contributed by atoms with Crippen LogP contribution >= 0.6 is 15.9 Å². The number of hydrogen-bond donors (Lipinski definition) is 1. The summed E-state index contributed by atoms with van der Waals surface area (Å²) in [4.78, 5) is 29.8. The summed E-state index contributed by atoms with van der Waals surface area (Å²) >= 11 is 3.39. The van der Waals surface area contributed by atoms with Crippen LogP contribution in [0.5, 0.6) is 5.75 Å². The van der Waals surface area contributed by atoms with Crippen LogP contribution in [0.3, 0.4) is 0 Å². The maximum atomic E-state index is 14.5. The Hall–Kier alpha value is -4.15. The third-order valence-electron chi connectivity index (χ3n) is 7.49. The smallest absolute Gasteiger partial charge is 0.264 e. The van der Waals surface area contributed by atoms with Gasteiger partial charge in [-0.05, 0) is 85.1 Å². The number of carbonyl (C=O) groups is 2. The van der Waals surface area contributed by atoms with E-state index in [4.69, 9.17) is 4.74 Å². The van der Waals surface area contributed by atoms with Crippen molar-refractivity contribution in [1.29, 1.82) is 0 Å². The molecule has 0 saturated carbocycles. The molecule has 0 radical (unpaired) electrons. The standard InChI is InChI=1S/C36H40BrN3O5S/c1-25(2)38-36(42)33(21-28-9-7-6-8-10-28)39(23-29-15-11-26(3)12-16-29)35(41)24-40(30-17-13-27(4)14-18-30)46(43,44)31-19-20-34(45-5)32(37)22-31/h6-20,22,25,33H,21,23-24H2,1-5H3,(H,38,42). The molecular formula is C36H40BrN3O5S. The lowest BCUT2D eigenvalue weighted by molar-refractivity contribution is -0.140. The number of nitrogens with one attached hydrogen (secondary N) is 1. The van der Waals surface area contributed by atoms with Gasteiger partial charge in [0.2, 0.25) is 11.8 Å². The molecule has 1 unspecified atom stereocenters. The number of hydrogen-bond acceptors (Lipinski definition) is 5. The predicted octanol–water partition coefficient (Wildman–Crippen LogP) is 6.43. The van der Waals surface area contributed by atoms with E-state index in [1.54, 1.807) is 30.3 Å². The van der Waals surface area contributed by atoms with E-state index < -0.39 is 28.5 Å². The Kier molecular flexibility index (Phi) is 11.6. The highest BCUT2D eigenvalue weighted by molar-refractivity contribution is 9.10. The van der Waals surface area contributed by atoms with Crippen molar-refractivity contribution in [2.24, 2.45) is 0 Å². The van der Waals surface area contributed by atoms with Crippen molar-refractivity contribution in [3.8, 4) is 5.75 Å². The van der Waals surface area contributed by atoms with Crippen molar-refractivity contribution in [1.82, 2.24) is 10.2 Å². The maximum Gasteiger partial charge on any atom is 0.264 e. The van der Waals surface area contributed by atoms with Gasteiger partial charge in [0.1, 0.15) is 18.3 Å². The zero-order chi connectivity index (χ0) is 33.4. The predicted molar refractivity (Wildman–Crippen MR) is 185 cm³/mol. The number of methoxy groups -OCH3 is 1. The molecule has 0 aromatic heterocycles. The molecule has 4 rings (SSSR count). The van der Waals surface area contributed by atoms with E-state index in [0.29, 0.717) is 15.9 Å². The molecule has 0 spiro atoms. The highest BCUT2D eigenvalue weighted by Gasteiger charge is 2.35. The molecule has 0 fully saturated rings. The number of sulfonamides is 1. The van der Waals surface area contributed by atoms with Gasteiger partial charge in [-0.25, -0.2) is 8.42 Å². The molecule has 0 aliphatic heterocycles. The van der Waals surface area contributed by atoms with Crippen molar-refractivity contribution in [2.45, 2.75) is 57.6 Å². The number of nitrogens with zero attached hydrogens (tertiary/aromatic N) is 2. The van der Waals surface area contributed by atoms with Gasteiger partial charge < -0.3 is 15.0 Å². The fourth-order valence-corrected chi connectivity index (χ4v) is 7.13. The fourth-order valence-electron chi connectivity index (χ4n) is 5.00. The number of aryl methyl sites for hydroxylation is 2. The zero-order valence-electron chi connectivity index (χ0n) is 26.7. The molecule has 8 nitrogen and oxygen atoms in total. The summed E-state index contributed by atoms with van der Waals surface area (Å²) in [6, 6.07) is 27.5. The summed E-state index contributed by atoms with van der Waals surface area (Å²) < 4.78 is 35.4. The Labute approximate surface area is 280 Å². The number of benzene rings is 4. The van der Waals surface area contributed by atoms with Crippen molar-refractivity contribution in [2.75, 3.05) is 18.0 Å². The van der Waals surface area contributed by atoms with Gasteiger partial charge in [-0.2, -0.15) is 0 Å².